The van der Waals surface area contributed by atoms with E-state index in [9.17, 15) is 18.8 Å². The highest BCUT2D eigenvalue weighted by Crippen LogP contribution is 2.31. The fourth-order valence-corrected chi connectivity index (χ4v) is 3.74. The fraction of sp³-hybridized carbons (Fsp3) is 0.148. The van der Waals surface area contributed by atoms with E-state index in [0.29, 0.717) is 34.2 Å². The predicted molar refractivity (Wildman–Crippen MR) is 137 cm³/mol. The summed E-state index contributed by atoms with van der Waals surface area (Å²) in [5.74, 6) is -2.09. The van der Waals surface area contributed by atoms with Crippen molar-refractivity contribution in [3.8, 4) is 5.75 Å². The molecule has 0 atom stereocenters. The normalized spacial score (nSPS) is 13.2. The number of hydrogen-bond donors (Lipinski definition) is 2. The van der Waals surface area contributed by atoms with Gasteiger partial charge in [-0.3, -0.25) is 14.4 Å². The van der Waals surface area contributed by atoms with Crippen LogP contribution in [0.5, 0.6) is 5.75 Å². The Hall–Kier alpha value is -4.17. The summed E-state index contributed by atoms with van der Waals surface area (Å²) in [4.78, 5) is 38.8. The average molecular weight is 508 g/mol. The zero-order chi connectivity index (χ0) is 25.7. The molecule has 1 heterocycles. The summed E-state index contributed by atoms with van der Waals surface area (Å²) in [5.41, 5.74) is 0.972. The predicted octanol–water partition coefficient (Wildman–Crippen LogP) is 5.69. The number of carbonyl (C=O) groups is 3. The molecule has 3 aromatic carbocycles. The second-order valence-electron chi connectivity index (χ2n) is 7.94. The molecule has 7 nitrogen and oxygen atoms in total. The highest BCUT2D eigenvalue weighted by atomic mass is 35.5. The standard InChI is InChI=1S/C27H23ClFN3O4/c1-2-3-16-36-22-11-7-5-9-20(22)31-25(33)17-12-14-18(15-13-17)30-24-23(28)26(34)32(27(24)35)21-10-6-4-8-19(21)29/h4-15,30H,2-3,16H2,1H3,(H,31,33). The van der Waals surface area contributed by atoms with Crippen LogP contribution in [0, 0.1) is 5.82 Å². The van der Waals surface area contributed by atoms with Gasteiger partial charge in [-0.05, 0) is 55.0 Å². The van der Waals surface area contributed by atoms with Gasteiger partial charge in [-0.1, -0.05) is 49.2 Å². The van der Waals surface area contributed by atoms with E-state index in [4.69, 9.17) is 16.3 Å². The number of nitrogens with one attached hydrogen (secondary N) is 2. The van der Waals surface area contributed by atoms with Gasteiger partial charge >= 0.3 is 0 Å². The van der Waals surface area contributed by atoms with Gasteiger partial charge in [-0.25, -0.2) is 9.29 Å². The topological polar surface area (TPSA) is 87.7 Å². The molecule has 9 heteroatoms. The van der Waals surface area contributed by atoms with Crippen LogP contribution in [0.3, 0.4) is 0 Å². The minimum absolute atomic E-state index is 0.180. The quantitative estimate of drug-likeness (QED) is 0.287. The minimum Gasteiger partial charge on any atom is -0.491 e. The Morgan fingerprint density at radius 1 is 0.972 bits per heavy atom. The lowest BCUT2D eigenvalue weighted by atomic mass is 10.1. The molecule has 1 aliphatic rings. The molecule has 4 rings (SSSR count). The Morgan fingerprint density at radius 3 is 2.39 bits per heavy atom. The molecule has 3 aromatic rings. The molecular weight excluding hydrogens is 485 g/mol. The van der Waals surface area contributed by atoms with Crippen LogP contribution in [0.25, 0.3) is 0 Å². The van der Waals surface area contributed by atoms with E-state index >= 15 is 0 Å². The van der Waals surface area contributed by atoms with Crippen molar-refractivity contribution in [3.05, 3.63) is 94.9 Å². The Morgan fingerprint density at radius 2 is 1.67 bits per heavy atom. The van der Waals surface area contributed by atoms with E-state index in [1.165, 1.54) is 18.2 Å². The molecule has 3 amide bonds. The van der Waals surface area contributed by atoms with Gasteiger partial charge in [0.2, 0.25) is 0 Å². The maximum Gasteiger partial charge on any atom is 0.283 e. The molecule has 0 radical (unpaired) electrons. The Balaban J connectivity index is 1.45. The number of unbranched alkanes of at least 4 members (excludes halogenated alkanes) is 1. The molecular formula is C27H23ClFN3O4. The van der Waals surface area contributed by atoms with Gasteiger partial charge in [0.1, 0.15) is 22.3 Å². The number of para-hydroxylation sites is 3. The van der Waals surface area contributed by atoms with Crippen LogP contribution < -0.4 is 20.3 Å². The number of nitrogens with zero attached hydrogens (tertiary/aromatic N) is 1. The summed E-state index contributed by atoms with van der Waals surface area (Å²) < 4.78 is 19.9. The second-order valence-corrected chi connectivity index (χ2v) is 8.32. The van der Waals surface area contributed by atoms with Crippen molar-refractivity contribution in [3.63, 3.8) is 0 Å². The van der Waals surface area contributed by atoms with Gasteiger partial charge in [0.25, 0.3) is 17.7 Å². The van der Waals surface area contributed by atoms with Gasteiger partial charge in [-0.15, -0.1) is 0 Å². The van der Waals surface area contributed by atoms with Crippen LogP contribution in [0.2, 0.25) is 0 Å². The number of carbonyl (C=O) groups excluding carboxylic acids is 3. The van der Waals surface area contributed by atoms with Crippen molar-refractivity contribution >= 4 is 46.4 Å². The van der Waals surface area contributed by atoms with Crippen molar-refractivity contribution < 1.29 is 23.5 Å². The third-order valence-corrected chi connectivity index (χ3v) is 5.78. The number of ether oxygens (including phenoxy) is 1. The molecule has 0 aromatic heterocycles. The van der Waals surface area contributed by atoms with Crippen LogP contribution >= 0.6 is 11.6 Å². The first-order valence-corrected chi connectivity index (χ1v) is 11.7. The molecule has 0 saturated heterocycles. The maximum absolute atomic E-state index is 14.2. The maximum atomic E-state index is 14.2. The summed E-state index contributed by atoms with van der Waals surface area (Å²) in [6.07, 6.45) is 1.90. The van der Waals surface area contributed by atoms with E-state index < -0.39 is 17.6 Å². The lowest BCUT2D eigenvalue weighted by molar-refractivity contribution is -0.120. The van der Waals surface area contributed by atoms with Gasteiger partial charge in [-0.2, -0.15) is 0 Å². The molecule has 0 unspecified atom stereocenters. The first-order chi connectivity index (χ1) is 17.4. The largest absolute Gasteiger partial charge is 0.491 e. The van der Waals surface area contributed by atoms with E-state index in [1.54, 1.807) is 42.5 Å². The smallest absolute Gasteiger partial charge is 0.283 e. The van der Waals surface area contributed by atoms with Crippen LogP contribution in [0.15, 0.2) is 83.5 Å². The zero-order valence-corrected chi connectivity index (χ0v) is 20.1. The molecule has 1 aliphatic heterocycles. The number of rotatable bonds is 9. The van der Waals surface area contributed by atoms with Crippen molar-refractivity contribution in [2.45, 2.75) is 19.8 Å². The van der Waals surface area contributed by atoms with Gasteiger partial charge < -0.3 is 15.4 Å². The van der Waals surface area contributed by atoms with Crippen molar-refractivity contribution in [2.24, 2.45) is 0 Å². The van der Waals surface area contributed by atoms with Gasteiger partial charge in [0.15, 0.2) is 0 Å². The first-order valence-electron chi connectivity index (χ1n) is 11.3. The van der Waals surface area contributed by atoms with E-state index in [-0.39, 0.29) is 22.3 Å². The highest BCUT2D eigenvalue weighted by molar-refractivity contribution is 6.53. The van der Waals surface area contributed by atoms with Gasteiger partial charge in [0, 0.05) is 11.3 Å². The SMILES string of the molecule is CCCCOc1ccccc1NC(=O)c1ccc(NC2=C(Cl)C(=O)N(c3ccccc3F)C2=O)cc1. The first kappa shape index (κ1) is 24.9. The molecule has 0 bridgehead atoms. The van der Waals surface area contributed by atoms with Crippen molar-refractivity contribution in [1.29, 1.82) is 0 Å². The van der Waals surface area contributed by atoms with E-state index in [1.807, 2.05) is 6.07 Å². The zero-order valence-electron chi connectivity index (χ0n) is 19.4. The number of benzene rings is 3. The number of hydrogen-bond acceptors (Lipinski definition) is 5. The second kappa shape index (κ2) is 11.0. The molecule has 36 heavy (non-hydrogen) atoms. The Bertz CT molecular complexity index is 1340. The fourth-order valence-electron chi connectivity index (χ4n) is 3.53. The Kier molecular flexibility index (Phi) is 7.65. The lowest BCUT2D eigenvalue weighted by Gasteiger charge is -2.15. The molecule has 0 spiro atoms. The highest BCUT2D eigenvalue weighted by Gasteiger charge is 2.40. The third-order valence-electron chi connectivity index (χ3n) is 5.43. The summed E-state index contributed by atoms with van der Waals surface area (Å²) in [6.45, 7) is 2.62. The van der Waals surface area contributed by atoms with Crippen molar-refractivity contribution in [2.75, 3.05) is 22.1 Å². The monoisotopic (exact) mass is 507 g/mol. The molecule has 0 saturated carbocycles. The van der Waals surface area contributed by atoms with Crippen LogP contribution in [0.4, 0.5) is 21.5 Å². The van der Waals surface area contributed by atoms with Crippen LogP contribution in [-0.4, -0.2) is 24.3 Å². The van der Waals surface area contributed by atoms with Crippen LogP contribution in [0.1, 0.15) is 30.1 Å². The van der Waals surface area contributed by atoms with E-state index in [0.717, 1.165) is 18.9 Å². The summed E-state index contributed by atoms with van der Waals surface area (Å²) >= 11 is 6.11. The molecule has 2 N–H and O–H groups in total. The number of imide groups is 1. The summed E-state index contributed by atoms with van der Waals surface area (Å²) in [6, 6.07) is 18.9. The third kappa shape index (κ3) is 5.23. The number of halogens is 2. The summed E-state index contributed by atoms with van der Waals surface area (Å²) in [7, 11) is 0. The lowest BCUT2D eigenvalue weighted by Crippen LogP contribution is -2.33. The Labute approximate surface area is 212 Å². The van der Waals surface area contributed by atoms with Gasteiger partial charge in [0.05, 0.1) is 18.0 Å². The molecule has 0 fully saturated rings. The number of anilines is 3. The average Bonchev–Trinajstić information content (AvgIpc) is 3.09. The minimum atomic E-state index is -0.829. The summed E-state index contributed by atoms with van der Waals surface area (Å²) in [5, 5.41) is 5.29. The van der Waals surface area contributed by atoms with Crippen LogP contribution in [-0.2, 0) is 9.59 Å². The number of amides is 3. The molecule has 184 valence electrons. The molecule has 0 aliphatic carbocycles. The van der Waals surface area contributed by atoms with E-state index in [2.05, 4.69) is 17.6 Å². The van der Waals surface area contributed by atoms with Crippen molar-refractivity contribution in [1.82, 2.24) is 0 Å².